The number of carbonyl (C=O) groups excluding carboxylic acids is 2. The van der Waals surface area contributed by atoms with E-state index in [1.54, 1.807) is 0 Å². The Kier molecular flexibility index (Phi) is 7.71. The first-order chi connectivity index (χ1) is 14.5. The third-order valence-corrected chi connectivity index (χ3v) is 5.34. The zero-order valence-electron chi connectivity index (χ0n) is 17.8. The Bertz CT molecular complexity index is 813. The summed E-state index contributed by atoms with van der Waals surface area (Å²) in [7, 11) is 3.96. The van der Waals surface area contributed by atoms with Gasteiger partial charge in [0.2, 0.25) is 5.91 Å². The van der Waals surface area contributed by atoms with E-state index in [4.69, 9.17) is 4.74 Å². The molecule has 1 fully saturated rings. The second-order valence-corrected chi connectivity index (χ2v) is 7.84. The zero-order valence-corrected chi connectivity index (χ0v) is 17.8. The highest BCUT2D eigenvalue weighted by atomic mass is 16.5. The summed E-state index contributed by atoms with van der Waals surface area (Å²) in [6.45, 7) is 1.85. The lowest BCUT2D eigenvalue weighted by Crippen LogP contribution is -2.46. The molecule has 2 amide bonds. The van der Waals surface area contributed by atoms with Gasteiger partial charge < -0.3 is 19.9 Å². The molecule has 0 spiro atoms. The van der Waals surface area contributed by atoms with Crippen molar-refractivity contribution in [3.8, 4) is 5.75 Å². The number of piperidine rings is 1. The number of hydrogen-bond acceptors (Lipinski definition) is 4. The van der Waals surface area contributed by atoms with Crippen LogP contribution < -0.4 is 15.0 Å². The van der Waals surface area contributed by atoms with E-state index >= 15 is 0 Å². The molecule has 160 valence electrons. The van der Waals surface area contributed by atoms with Gasteiger partial charge in [0.05, 0.1) is 6.61 Å². The Morgan fingerprint density at radius 3 is 2.33 bits per heavy atom. The maximum absolute atomic E-state index is 12.7. The Morgan fingerprint density at radius 2 is 1.70 bits per heavy atom. The van der Waals surface area contributed by atoms with Gasteiger partial charge in [-0.25, -0.2) is 0 Å². The van der Waals surface area contributed by atoms with Gasteiger partial charge in [-0.3, -0.25) is 9.59 Å². The topological polar surface area (TPSA) is 61.9 Å². The Labute approximate surface area is 178 Å². The van der Waals surface area contributed by atoms with Gasteiger partial charge in [0.15, 0.2) is 0 Å². The van der Waals surface area contributed by atoms with Crippen molar-refractivity contribution in [2.24, 2.45) is 0 Å². The van der Waals surface area contributed by atoms with Crippen molar-refractivity contribution in [3.05, 3.63) is 60.2 Å². The number of amides is 2. The second-order valence-electron chi connectivity index (χ2n) is 7.84. The molecular formula is C24H31N3O3. The minimum Gasteiger partial charge on any atom is -0.494 e. The molecule has 0 unspecified atom stereocenters. The average molecular weight is 410 g/mol. The van der Waals surface area contributed by atoms with Crippen molar-refractivity contribution in [1.29, 1.82) is 0 Å². The van der Waals surface area contributed by atoms with E-state index in [9.17, 15) is 9.59 Å². The average Bonchev–Trinajstić information content (AvgIpc) is 2.77. The summed E-state index contributed by atoms with van der Waals surface area (Å²) < 4.78 is 5.62. The Morgan fingerprint density at radius 1 is 1.03 bits per heavy atom. The van der Waals surface area contributed by atoms with Crippen LogP contribution in [0.2, 0.25) is 0 Å². The SMILES string of the molecule is CN(C)c1ccc(C(=O)N2CCC(NC(=O)CCCOc3ccccc3)CC2)cc1. The Hall–Kier alpha value is -3.02. The summed E-state index contributed by atoms with van der Waals surface area (Å²) in [5.41, 5.74) is 1.78. The van der Waals surface area contributed by atoms with Crippen molar-refractivity contribution in [2.75, 3.05) is 38.7 Å². The van der Waals surface area contributed by atoms with Gasteiger partial charge in [0.25, 0.3) is 5.91 Å². The van der Waals surface area contributed by atoms with Crippen molar-refractivity contribution >= 4 is 17.5 Å². The van der Waals surface area contributed by atoms with Gasteiger partial charge in [0, 0.05) is 50.9 Å². The smallest absolute Gasteiger partial charge is 0.253 e. The molecule has 3 rings (SSSR count). The largest absolute Gasteiger partial charge is 0.494 e. The summed E-state index contributed by atoms with van der Waals surface area (Å²) in [6, 6.07) is 17.4. The van der Waals surface area contributed by atoms with E-state index in [1.807, 2.05) is 78.5 Å². The molecule has 6 nitrogen and oxygen atoms in total. The quantitative estimate of drug-likeness (QED) is 0.680. The fraction of sp³-hybridized carbons (Fsp3) is 0.417. The summed E-state index contributed by atoms with van der Waals surface area (Å²) in [5, 5.41) is 3.10. The van der Waals surface area contributed by atoms with Gasteiger partial charge >= 0.3 is 0 Å². The van der Waals surface area contributed by atoms with Gasteiger partial charge in [0.1, 0.15) is 5.75 Å². The third kappa shape index (κ3) is 6.24. The number of anilines is 1. The number of nitrogens with zero attached hydrogens (tertiary/aromatic N) is 2. The van der Waals surface area contributed by atoms with Crippen LogP contribution in [0.1, 0.15) is 36.0 Å². The third-order valence-electron chi connectivity index (χ3n) is 5.34. The molecular weight excluding hydrogens is 378 g/mol. The van der Waals surface area contributed by atoms with Crippen LogP contribution in [0.3, 0.4) is 0 Å². The van der Waals surface area contributed by atoms with Gasteiger partial charge in [-0.05, 0) is 55.7 Å². The van der Waals surface area contributed by atoms with Crippen LogP contribution in [-0.4, -0.2) is 56.5 Å². The molecule has 30 heavy (non-hydrogen) atoms. The molecule has 1 aliphatic heterocycles. The standard InChI is InChI=1S/C24H31N3O3/c1-26(2)21-12-10-19(11-13-21)24(29)27-16-14-20(15-17-27)25-23(28)9-6-18-30-22-7-4-3-5-8-22/h3-5,7-8,10-13,20H,6,9,14-18H2,1-2H3,(H,25,28). The van der Waals surface area contributed by atoms with Crippen molar-refractivity contribution < 1.29 is 14.3 Å². The van der Waals surface area contributed by atoms with E-state index in [2.05, 4.69) is 5.32 Å². The fourth-order valence-electron chi connectivity index (χ4n) is 3.55. The van der Waals surface area contributed by atoms with E-state index in [-0.39, 0.29) is 17.9 Å². The number of likely N-dealkylation sites (tertiary alicyclic amines) is 1. The van der Waals surface area contributed by atoms with Crippen molar-refractivity contribution in [3.63, 3.8) is 0 Å². The molecule has 2 aromatic carbocycles. The second kappa shape index (κ2) is 10.7. The Balaban J connectivity index is 1.35. The number of benzene rings is 2. The molecule has 6 heteroatoms. The lowest BCUT2D eigenvalue weighted by atomic mass is 10.0. The molecule has 0 radical (unpaired) electrons. The molecule has 1 N–H and O–H groups in total. The van der Waals surface area contributed by atoms with Crippen LogP contribution in [0.5, 0.6) is 5.75 Å². The summed E-state index contributed by atoms with van der Waals surface area (Å²) >= 11 is 0. The van der Waals surface area contributed by atoms with Crippen molar-refractivity contribution in [1.82, 2.24) is 10.2 Å². The maximum Gasteiger partial charge on any atom is 0.253 e. The number of carbonyl (C=O) groups is 2. The summed E-state index contributed by atoms with van der Waals surface area (Å²) in [5.74, 6) is 0.935. The predicted octanol–water partition coefficient (Wildman–Crippen LogP) is 3.33. The zero-order chi connectivity index (χ0) is 21.3. The van der Waals surface area contributed by atoms with E-state index < -0.39 is 0 Å². The number of para-hydroxylation sites is 1. The highest BCUT2D eigenvalue weighted by Crippen LogP contribution is 2.17. The molecule has 1 saturated heterocycles. The van der Waals surface area contributed by atoms with Crippen LogP contribution in [-0.2, 0) is 4.79 Å². The minimum absolute atomic E-state index is 0.0516. The van der Waals surface area contributed by atoms with E-state index in [1.165, 1.54) is 0 Å². The van der Waals surface area contributed by atoms with Gasteiger partial charge in [-0.1, -0.05) is 18.2 Å². The normalized spacial score (nSPS) is 14.3. The molecule has 0 aromatic heterocycles. The first kappa shape index (κ1) is 21.7. The lowest BCUT2D eigenvalue weighted by molar-refractivity contribution is -0.122. The molecule has 0 bridgehead atoms. The predicted molar refractivity (Wildman–Crippen MR) is 119 cm³/mol. The highest BCUT2D eigenvalue weighted by Gasteiger charge is 2.24. The van der Waals surface area contributed by atoms with Gasteiger partial charge in [-0.2, -0.15) is 0 Å². The molecule has 1 aliphatic rings. The van der Waals surface area contributed by atoms with Gasteiger partial charge in [-0.15, -0.1) is 0 Å². The molecule has 1 heterocycles. The number of rotatable bonds is 8. The van der Waals surface area contributed by atoms with Crippen LogP contribution >= 0.6 is 0 Å². The first-order valence-electron chi connectivity index (χ1n) is 10.6. The lowest BCUT2D eigenvalue weighted by Gasteiger charge is -2.32. The summed E-state index contributed by atoms with van der Waals surface area (Å²) in [4.78, 5) is 28.8. The number of ether oxygens (including phenoxy) is 1. The van der Waals surface area contributed by atoms with Crippen LogP contribution in [0.25, 0.3) is 0 Å². The van der Waals surface area contributed by atoms with Crippen LogP contribution in [0.15, 0.2) is 54.6 Å². The molecule has 2 aromatic rings. The molecule has 0 aliphatic carbocycles. The maximum atomic E-state index is 12.7. The minimum atomic E-state index is 0.0516. The van der Waals surface area contributed by atoms with E-state index in [0.29, 0.717) is 38.1 Å². The highest BCUT2D eigenvalue weighted by molar-refractivity contribution is 5.94. The fourth-order valence-corrected chi connectivity index (χ4v) is 3.55. The number of hydrogen-bond donors (Lipinski definition) is 1. The van der Waals surface area contributed by atoms with E-state index in [0.717, 1.165) is 24.3 Å². The van der Waals surface area contributed by atoms with Crippen LogP contribution in [0.4, 0.5) is 5.69 Å². The first-order valence-corrected chi connectivity index (χ1v) is 10.6. The summed E-state index contributed by atoms with van der Waals surface area (Å²) in [6.07, 6.45) is 2.70. The molecule has 0 atom stereocenters. The monoisotopic (exact) mass is 409 g/mol. The number of nitrogens with one attached hydrogen (secondary N) is 1. The van der Waals surface area contributed by atoms with Crippen molar-refractivity contribution in [2.45, 2.75) is 31.7 Å². The van der Waals surface area contributed by atoms with Crippen LogP contribution in [0, 0.1) is 0 Å². The molecule has 0 saturated carbocycles.